The Kier molecular flexibility index (Phi) is 4.52. The lowest BCUT2D eigenvalue weighted by atomic mass is 10.2. The monoisotopic (exact) mass is 397 g/mol. The Hall–Kier alpha value is -3.32. The second kappa shape index (κ2) is 7.01. The number of nitrogens with zero attached hydrogens (tertiary/aromatic N) is 2. The van der Waals surface area contributed by atoms with Gasteiger partial charge in [0.05, 0.1) is 0 Å². The van der Waals surface area contributed by atoms with E-state index in [1.807, 2.05) is 6.07 Å². The number of fused-ring (bicyclic) bond motifs is 3. The summed E-state index contributed by atoms with van der Waals surface area (Å²) < 4.78 is 7.84. The molecule has 8 heteroatoms. The summed E-state index contributed by atoms with van der Waals surface area (Å²) in [6, 6.07) is 14.2. The zero-order valence-electron chi connectivity index (χ0n) is 14.9. The molecule has 0 saturated heterocycles. The molecule has 2 aromatic carbocycles. The van der Waals surface area contributed by atoms with Crippen LogP contribution in [0.3, 0.4) is 0 Å². The first kappa shape index (κ1) is 18.1. The Morgan fingerprint density at radius 3 is 2.61 bits per heavy atom. The molecule has 0 spiro atoms. The summed E-state index contributed by atoms with van der Waals surface area (Å²) in [6.07, 6.45) is 0. The number of rotatable bonds is 4. The van der Waals surface area contributed by atoms with Crippen LogP contribution in [0.2, 0.25) is 5.02 Å². The second-order valence-electron chi connectivity index (χ2n) is 6.38. The Morgan fingerprint density at radius 1 is 1.11 bits per heavy atom. The summed E-state index contributed by atoms with van der Waals surface area (Å²) in [6.45, 7) is -0.219. The first-order valence-electron chi connectivity index (χ1n) is 8.58. The number of furan rings is 1. The van der Waals surface area contributed by atoms with E-state index in [4.69, 9.17) is 16.0 Å². The minimum absolute atomic E-state index is 0.0437. The first-order valence-corrected chi connectivity index (χ1v) is 8.96. The van der Waals surface area contributed by atoms with Crippen LogP contribution >= 0.6 is 11.6 Å². The number of nitrogens with one attached hydrogen (secondary N) is 1. The van der Waals surface area contributed by atoms with Gasteiger partial charge in [-0.25, -0.2) is 9.36 Å². The molecule has 0 radical (unpaired) electrons. The minimum Gasteiger partial charge on any atom is -0.449 e. The molecule has 1 amide bonds. The van der Waals surface area contributed by atoms with Gasteiger partial charge in [-0.2, -0.15) is 0 Å². The van der Waals surface area contributed by atoms with E-state index < -0.39 is 23.7 Å². The van der Waals surface area contributed by atoms with Crippen molar-refractivity contribution < 1.29 is 9.21 Å². The number of aryl methyl sites for hydroxylation is 1. The molecule has 4 rings (SSSR count). The van der Waals surface area contributed by atoms with Crippen molar-refractivity contribution in [3.8, 4) is 0 Å². The fraction of sp³-hybridized carbons (Fsp3) is 0.150. The van der Waals surface area contributed by atoms with Gasteiger partial charge in [0.25, 0.3) is 5.56 Å². The molecular formula is C20H16ClN3O4. The van der Waals surface area contributed by atoms with Gasteiger partial charge in [-0.05, 0) is 23.8 Å². The number of aromatic nitrogens is 2. The summed E-state index contributed by atoms with van der Waals surface area (Å²) in [5, 5.41) is 3.87. The van der Waals surface area contributed by atoms with Gasteiger partial charge in [-0.3, -0.25) is 14.2 Å². The molecule has 0 saturated carbocycles. The van der Waals surface area contributed by atoms with E-state index in [1.54, 1.807) is 49.5 Å². The summed E-state index contributed by atoms with van der Waals surface area (Å²) in [4.78, 5) is 37.8. The number of halogens is 1. The number of para-hydroxylation sites is 1. The molecule has 0 unspecified atom stereocenters. The normalized spacial score (nSPS) is 11.2. The summed E-state index contributed by atoms with van der Waals surface area (Å²) in [7, 11) is 1.55. The van der Waals surface area contributed by atoms with E-state index in [0.29, 0.717) is 21.5 Å². The molecule has 1 N–H and O–H groups in total. The van der Waals surface area contributed by atoms with E-state index in [2.05, 4.69) is 5.32 Å². The average Bonchev–Trinajstić information content (AvgIpc) is 3.09. The maximum atomic E-state index is 12.8. The lowest BCUT2D eigenvalue weighted by Gasteiger charge is -2.09. The van der Waals surface area contributed by atoms with Crippen molar-refractivity contribution in [2.75, 3.05) is 0 Å². The van der Waals surface area contributed by atoms with Crippen LogP contribution in [0, 0.1) is 0 Å². The molecule has 0 aliphatic carbocycles. The van der Waals surface area contributed by atoms with Crippen LogP contribution in [0.5, 0.6) is 0 Å². The highest BCUT2D eigenvalue weighted by molar-refractivity contribution is 6.31. The van der Waals surface area contributed by atoms with Crippen molar-refractivity contribution in [2.45, 2.75) is 13.1 Å². The fourth-order valence-corrected chi connectivity index (χ4v) is 3.37. The topological polar surface area (TPSA) is 86.2 Å². The lowest BCUT2D eigenvalue weighted by Crippen LogP contribution is -2.42. The standard InChI is InChI=1S/C20H16ClN3O4/c1-23-17-13-7-3-5-9-15(13)28-18(17)19(26)24(20(23)27)11-16(25)22-10-12-6-2-4-8-14(12)21/h2-9H,10-11H2,1H3,(H,22,25). The molecule has 2 heterocycles. The SMILES string of the molecule is Cn1c(=O)n(CC(=O)NCc2ccccc2Cl)c(=O)c2oc3ccccc3c21. The minimum atomic E-state index is -0.637. The highest BCUT2D eigenvalue weighted by Crippen LogP contribution is 2.24. The van der Waals surface area contributed by atoms with Crippen LogP contribution < -0.4 is 16.6 Å². The lowest BCUT2D eigenvalue weighted by molar-refractivity contribution is -0.121. The van der Waals surface area contributed by atoms with E-state index in [0.717, 1.165) is 10.1 Å². The predicted octanol–water partition coefficient (Wildman–Crippen LogP) is 2.42. The molecule has 7 nitrogen and oxygen atoms in total. The molecule has 0 fully saturated rings. The van der Waals surface area contributed by atoms with E-state index >= 15 is 0 Å². The molecule has 0 atom stereocenters. The number of carbonyl (C=O) groups is 1. The number of benzene rings is 2. The average molecular weight is 398 g/mol. The Morgan fingerprint density at radius 2 is 1.82 bits per heavy atom. The maximum absolute atomic E-state index is 12.8. The van der Waals surface area contributed by atoms with Crippen LogP contribution in [0.15, 0.2) is 62.5 Å². The maximum Gasteiger partial charge on any atom is 0.331 e. The summed E-state index contributed by atoms with van der Waals surface area (Å²) >= 11 is 6.07. The molecule has 2 aromatic heterocycles. The zero-order chi connectivity index (χ0) is 19.8. The number of hydrogen-bond donors (Lipinski definition) is 1. The van der Waals surface area contributed by atoms with Gasteiger partial charge in [-0.15, -0.1) is 0 Å². The van der Waals surface area contributed by atoms with Crippen molar-refractivity contribution in [1.82, 2.24) is 14.5 Å². The van der Waals surface area contributed by atoms with Crippen molar-refractivity contribution in [1.29, 1.82) is 0 Å². The van der Waals surface area contributed by atoms with Crippen LogP contribution in [0.4, 0.5) is 0 Å². The third-order valence-electron chi connectivity index (χ3n) is 4.60. The molecule has 0 aliphatic rings. The smallest absolute Gasteiger partial charge is 0.331 e. The first-order chi connectivity index (χ1) is 13.5. The molecule has 142 valence electrons. The molecular weight excluding hydrogens is 382 g/mol. The van der Waals surface area contributed by atoms with Gasteiger partial charge in [0.1, 0.15) is 17.6 Å². The number of amides is 1. The molecule has 0 aliphatic heterocycles. The van der Waals surface area contributed by atoms with E-state index in [9.17, 15) is 14.4 Å². The van der Waals surface area contributed by atoms with Crippen LogP contribution in [-0.2, 0) is 24.9 Å². The highest BCUT2D eigenvalue weighted by atomic mass is 35.5. The van der Waals surface area contributed by atoms with E-state index in [-0.39, 0.29) is 12.1 Å². The van der Waals surface area contributed by atoms with Crippen molar-refractivity contribution in [3.05, 3.63) is 80.0 Å². The van der Waals surface area contributed by atoms with Gasteiger partial charge in [0.15, 0.2) is 0 Å². The summed E-state index contributed by atoms with van der Waals surface area (Å²) in [5.41, 5.74) is 0.482. The van der Waals surface area contributed by atoms with Crippen LogP contribution in [-0.4, -0.2) is 15.0 Å². The van der Waals surface area contributed by atoms with Crippen molar-refractivity contribution in [2.24, 2.45) is 7.05 Å². The second-order valence-corrected chi connectivity index (χ2v) is 6.78. The number of hydrogen-bond acceptors (Lipinski definition) is 4. The third-order valence-corrected chi connectivity index (χ3v) is 4.97. The summed E-state index contributed by atoms with van der Waals surface area (Å²) in [5.74, 6) is -0.477. The number of carbonyl (C=O) groups excluding carboxylic acids is 1. The molecule has 28 heavy (non-hydrogen) atoms. The van der Waals surface area contributed by atoms with Crippen molar-refractivity contribution >= 4 is 39.6 Å². The van der Waals surface area contributed by atoms with Gasteiger partial charge < -0.3 is 9.73 Å². The van der Waals surface area contributed by atoms with Gasteiger partial charge in [0, 0.05) is 24.0 Å². The molecule has 0 bridgehead atoms. The zero-order valence-corrected chi connectivity index (χ0v) is 15.7. The van der Waals surface area contributed by atoms with Gasteiger partial charge in [0.2, 0.25) is 11.5 Å². The highest BCUT2D eigenvalue weighted by Gasteiger charge is 2.19. The van der Waals surface area contributed by atoms with Gasteiger partial charge >= 0.3 is 5.69 Å². The Bertz CT molecular complexity index is 1330. The fourth-order valence-electron chi connectivity index (χ4n) is 3.17. The largest absolute Gasteiger partial charge is 0.449 e. The Labute approximate surface area is 163 Å². The third kappa shape index (κ3) is 2.99. The quantitative estimate of drug-likeness (QED) is 0.573. The van der Waals surface area contributed by atoms with Crippen LogP contribution in [0.1, 0.15) is 5.56 Å². The van der Waals surface area contributed by atoms with Crippen LogP contribution in [0.25, 0.3) is 22.1 Å². The van der Waals surface area contributed by atoms with E-state index in [1.165, 1.54) is 4.57 Å². The van der Waals surface area contributed by atoms with Crippen molar-refractivity contribution in [3.63, 3.8) is 0 Å². The predicted molar refractivity (Wildman–Crippen MR) is 107 cm³/mol. The Balaban J connectivity index is 1.68. The molecule has 4 aromatic rings. The van der Waals surface area contributed by atoms with Gasteiger partial charge in [-0.1, -0.05) is 41.9 Å².